The van der Waals surface area contributed by atoms with Gasteiger partial charge in [-0.1, -0.05) is 82.9 Å². The summed E-state index contributed by atoms with van der Waals surface area (Å²) >= 11 is 0. The van der Waals surface area contributed by atoms with E-state index < -0.39 is 7.25 Å². The van der Waals surface area contributed by atoms with E-state index in [1.54, 1.807) is 0 Å². The van der Waals surface area contributed by atoms with E-state index in [4.69, 9.17) is 0 Å². The molecule has 2 aliphatic rings. The number of carbonyl (C=O) groups excluding carboxylic acids is 1. The standard InChI is InChI=1S/C22H31OP.BF4/c23-22(19-11-4-1-5-12-19)17-10-18-24(20-13-6-2-7-14-20)21-15-8-3-9-16-21;2-1(3,4)5/h1,4-5,10-12,17,20-21H,2-3,6-9,13-16,18H2;/q;-1. The van der Waals surface area contributed by atoms with Gasteiger partial charge in [0.25, 0.3) is 0 Å². The van der Waals surface area contributed by atoms with Crippen molar-refractivity contribution in [2.24, 2.45) is 0 Å². The van der Waals surface area contributed by atoms with Crippen molar-refractivity contribution in [2.45, 2.75) is 75.5 Å². The average molecular weight is 429 g/mol. The highest BCUT2D eigenvalue weighted by atomic mass is 31.1. The van der Waals surface area contributed by atoms with E-state index in [1.807, 2.05) is 36.4 Å². The average Bonchev–Trinajstić information content (AvgIpc) is 2.72. The van der Waals surface area contributed by atoms with Gasteiger partial charge in [0.2, 0.25) is 0 Å². The first kappa shape index (κ1) is 24.1. The second kappa shape index (κ2) is 12.5. The quantitative estimate of drug-likeness (QED) is 0.148. The van der Waals surface area contributed by atoms with E-state index >= 15 is 0 Å². The fourth-order valence-corrected chi connectivity index (χ4v) is 8.00. The molecule has 0 aliphatic heterocycles. The maximum Gasteiger partial charge on any atom is 0.673 e. The van der Waals surface area contributed by atoms with E-state index in [9.17, 15) is 22.1 Å². The smallest absolute Gasteiger partial charge is 0.418 e. The van der Waals surface area contributed by atoms with Gasteiger partial charge in [-0.05, 0) is 49.2 Å². The van der Waals surface area contributed by atoms with Crippen LogP contribution in [0, 0.1) is 0 Å². The van der Waals surface area contributed by atoms with E-state index in [-0.39, 0.29) is 13.7 Å². The Labute approximate surface area is 173 Å². The molecule has 0 aromatic heterocycles. The molecule has 0 amide bonds. The molecular weight excluding hydrogens is 398 g/mol. The lowest BCUT2D eigenvalue weighted by atomic mass is 9.99. The molecule has 0 spiro atoms. The van der Waals surface area contributed by atoms with Crippen LogP contribution in [0.2, 0.25) is 0 Å². The second-order valence-corrected chi connectivity index (χ2v) is 10.8. The normalized spacial score (nSPS) is 19.2. The Morgan fingerprint density at radius 3 is 1.76 bits per heavy atom. The van der Waals surface area contributed by atoms with Crippen molar-refractivity contribution < 1.29 is 22.1 Å². The van der Waals surface area contributed by atoms with Crippen LogP contribution in [0.3, 0.4) is 0 Å². The predicted octanol–water partition coefficient (Wildman–Crippen LogP) is 7.87. The van der Waals surface area contributed by atoms with Crippen molar-refractivity contribution in [1.82, 2.24) is 0 Å². The topological polar surface area (TPSA) is 17.1 Å². The van der Waals surface area contributed by atoms with Gasteiger partial charge in [-0.3, -0.25) is 4.79 Å². The minimum atomic E-state index is -6.00. The maximum absolute atomic E-state index is 12.3. The first-order valence-corrected chi connectivity index (χ1v) is 12.4. The number of hydrogen-bond donors (Lipinski definition) is 0. The molecule has 1 nitrogen and oxygen atoms in total. The molecule has 162 valence electrons. The van der Waals surface area contributed by atoms with Crippen molar-refractivity contribution in [3.8, 4) is 0 Å². The first-order valence-electron chi connectivity index (χ1n) is 10.7. The summed E-state index contributed by atoms with van der Waals surface area (Å²) in [5.74, 6) is 0.165. The van der Waals surface area contributed by atoms with Gasteiger partial charge in [-0.25, -0.2) is 0 Å². The third-order valence-corrected chi connectivity index (χ3v) is 9.27. The lowest BCUT2D eigenvalue weighted by molar-refractivity contribution is 0.104. The Morgan fingerprint density at radius 1 is 0.862 bits per heavy atom. The number of carbonyl (C=O) groups is 1. The molecular formula is C22H31BF4OP-. The van der Waals surface area contributed by atoms with Gasteiger partial charge in [0.15, 0.2) is 5.78 Å². The molecule has 2 fully saturated rings. The SMILES string of the molecule is F[B-](F)(F)F.O=C(C=CCP(C1CCCCC1)C1CCCCC1)c1ccccc1. The van der Waals surface area contributed by atoms with Crippen LogP contribution in [-0.2, 0) is 0 Å². The summed E-state index contributed by atoms with van der Waals surface area (Å²) in [5.41, 5.74) is 2.75. The molecule has 29 heavy (non-hydrogen) atoms. The number of rotatable bonds is 6. The highest BCUT2D eigenvalue weighted by molar-refractivity contribution is 7.59. The van der Waals surface area contributed by atoms with Gasteiger partial charge in [-0.2, -0.15) is 0 Å². The van der Waals surface area contributed by atoms with Gasteiger partial charge in [0.05, 0.1) is 0 Å². The maximum atomic E-state index is 12.3. The first-order chi connectivity index (χ1) is 13.8. The Hall–Kier alpha value is -1.16. The largest absolute Gasteiger partial charge is 0.673 e. The van der Waals surface area contributed by atoms with E-state index in [1.165, 1.54) is 70.4 Å². The highest BCUT2D eigenvalue weighted by Gasteiger charge is 2.30. The van der Waals surface area contributed by atoms with Crippen molar-refractivity contribution >= 4 is 21.0 Å². The lowest BCUT2D eigenvalue weighted by Crippen LogP contribution is -2.21. The van der Waals surface area contributed by atoms with Gasteiger partial charge in [-0.15, -0.1) is 0 Å². The van der Waals surface area contributed by atoms with Gasteiger partial charge < -0.3 is 17.3 Å². The Kier molecular flexibility index (Phi) is 10.4. The zero-order chi connectivity index (χ0) is 21.1. The fraction of sp³-hybridized carbons (Fsp3) is 0.591. The molecule has 0 saturated heterocycles. The lowest BCUT2D eigenvalue weighted by Gasteiger charge is -2.38. The van der Waals surface area contributed by atoms with Crippen LogP contribution in [-0.4, -0.2) is 30.5 Å². The summed E-state index contributed by atoms with van der Waals surface area (Å²) in [4.78, 5) is 12.3. The van der Waals surface area contributed by atoms with Crippen LogP contribution in [0.5, 0.6) is 0 Å². The number of ketones is 1. The third-order valence-electron chi connectivity index (χ3n) is 5.73. The van der Waals surface area contributed by atoms with E-state index in [0.29, 0.717) is 0 Å². The van der Waals surface area contributed by atoms with Crippen LogP contribution < -0.4 is 0 Å². The summed E-state index contributed by atoms with van der Waals surface area (Å²) in [7, 11) is -5.94. The van der Waals surface area contributed by atoms with Gasteiger partial charge >= 0.3 is 7.25 Å². The molecule has 0 N–H and O–H groups in total. The molecule has 0 radical (unpaired) electrons. The molecule has 1 aromatic carbocycles. The Bertz CT molecular complexity index is 599. The Balaban J connectivity index is 0.000000537. The van der Waals surface area contributed by atoms with Crippen LogP contribution in [0.1, 0.15) is 74.6 Å². The fourth-order valence-electron chi connectivity index (χ4n) is 4.40. The molecule has 2 saturated carbocycles. The Morgan fingerprint density at radius 2 is 1.31 bits per heavy atom. The van der Waals surface area contributed by atoms with Crippen LogP contribution >= 0.6 is 7.92 Å². The molecule has 1 aromatic rings. The number of allylic oxidation sites excluding steroid dienone is 2. The highest BCUT2D eigenvalue weighted by Crippen LogP contribution is 2.55. The minimum absolute atomic E-state index is 0.0644. The predicted molar refractivity (Wildman–Crippen MR) is 116 cm³/mol. The number of benzene rings is 1. The van der Waals surface area contributed by atoms with Gasteiger partial charge in [0, 0.05) is 5.56 Å². The summed E-state index contributed by atoms with van der Waals surface area (Å²) in [6.07, 6.45) is 19.6. The molecule has 0 heterocycles. The van der Waals surface area contributed by atoms with Crippen LogP contribution in [0.4, 0.5) is 17.3 Å². The zero-order valence-electron chi connectivity index (χ0n) is 16.9. The van der Waals surface area contributed by atoms with Crippen LogP contribution in [0.15, 0.2) is 42.5 Å². The van der Waals surface area contributed by atoms with Gasteiger partial charge in [0.1, 0.15) is 0 Å². The molecule has 7 heteroatoms. The summed E-state index contributed by atoms with van der Waals surface area (Å²) in [6.45, 7) is 0. The summed E-state index contributed by atoms with van der Waals surface area (Å²) in [6, 6.07) is 9.68. The van der Waals surface area contributed by atoms with Crippen molar-refractivity contribution in [1.29, 1.82) is 0 Å². The second-order valence-electron chi connectivity index (χ2n) is 7.91. The molecule has 2 aliphatic carbocycles. The monoisotopic (exact) mass is 429 g/mol. The molecule has 0 atom stereocenters. The molecule has 0 bridgehead atoms. The third kappa shape index (κ3) is 9.93. The minimum Gasteiger partial charge on any atom is -0.418 e. The molecule has 0 unspecified atom stereocenters. The van der Waals surface area contributed by atoms with Crippen molar-refractivity contribution in [2.75, 3.05) is 6.16 Å². The van der Waals surface area contributed by atoms with Crippen LogP contribution in [0.25, 0.3) is 0 Å². The number of hydrogen-bond acceptors (Lipinski definition) is 1. The van der Waals surface area contributed by atoms with Crippen molar-refractivity contribution in [3.05, 3.63) is 48.0 Å². The van der Waals surface area contributed by atoms with E-state index in [2.05, 4.69) is 6.08 Å². The zero-order valence-corrected chi connectivity index (χ0v) is 17.8. The molecule has 3 rings (SSSR count). The summed E-state index contributed by atoms with van der Waals surface area (Å²) in [5, 5.41) is 0. The van der Waals surface area contributed by atoms with E-state index in [0.717, 1.165) is 16.9 Å². The number of halogens is 4. The summed E-state index contributed by atoms with van der Waals surface area (Å²) < 4.78 is 39.0. The van der Waals surface area contributed by atoms with Crippen molar-refractivity contribution in [3.63, 3.8) is 0 Å².